The summed E-state index contributed by atoms with van der Waals surface area (Å²) in [5.74, 6) is -3.52. The van der Waals surface area contributed by atoms with Crippen LogP contribution < -0.4 is 0 Å². The molecule has 5 heteroatoms. The van der Waals surface area contributed by atoms with Crippen molar-refractivity contribution in [2.24, 2.45) is 11.8 Å². The molecule has 1 rings (SSSR count). The van der Waals surface area contributed by atoms with E-state index >= 15 is 0 Å². The van der Waals surface area contributed by atoms with Gasteiger partial charge in [0.1, 0.15) is 28.4 Å². The van der Waals surface area contributed by atoms with E-state index in [9.17, 15) is 24.9 Å². The van der Waals surface area contributed by atoms with E-state index in [4.69, 9.17) is 0 Å². The third-order valence-electron chi connectivity index (χ3n) is 3.77. The van der Waals surface area contributed by atoms with Crippen molar-refractivity contribution in [3.63, 3.8) is 0 Å². The van der Waals surface area contributed by atoms with Gasteiger partial charge in [0, 0.05) is 17.4 Å². The zero-order chi connectivity index (χ0) is 18.8. The molecule has 0 aromatic heterocycles. The molecule has 0 aliphatic heterocycles. The number of rotatable bonds is 6. The maximum Gasteiger partial charge on any atom is 0.172 e. The van der Waals surface area contributed by atoms with Crippen LogP contribution in [0, 0.1) is 11.8 Å². The topological polar surface area (TPSA) is 94.8 Å². The van der Waals surface area contributed by atoms with Crippen molar-refractivity contribution in [1.82, 2.24) is 0 Å². The second-order valence-corrected chi connectivity index (χ2v) is 6.80. The fraction of sp³-hybridized carbons (Fsp3) is 0.474. The van der Waals surface area contributed by atoms with Gasteiger partial charge in [-0.2, -0.15) is 0 Å². The van der Waals surface area contributed by atoms with Gasteiger partial charge in [-0.05, 0) is 20.3 Å². The van der Waals surface area contributed by atoms with Gasteiger partial charge in [-0.3, -0.25) is 9.59 Å². The van der Waals surface area contributed by atoms with Crippen LogP contribution in [-0.4, -0.2) is 26.9 Å². The molecule has 0 saturated heterocycles. The van der Waals surface area contributed by atoms with Crippen LogP contribution in [0.5, 0.6) is 17.2 Å². The summed E-state index contributed by atoms with van der Waals surface area (Å²) in [7, 11) is 0. The Morgan fingerprint density at radius 1 is 0.833 bits per heavy atom. The molecule has 5 nitrogen and oxygen atoms in total. The predicted molar refractivity (Wildman–Crippen MR) is 92.9 cm³/mol. The lowest BCUT2D eigenvalue weighted by Gasteiger charge is -2.18. The van der Waals surface area contributed by atoms with Crippen LogP contribution >= 0.6 is 0 Å². The molecular weight excluding hydrogens is 308 g/mol. The van der Waals surface area contributed by atoms with E-state index in [-0.39, 0.29) is 23.1 Å². The summed E-state index contributed by atoms with van der Waals surface area (Å²) in [6.45, 7) is 10.2. The van der Waals surface area contributed by atoms with E-state index in [1.54, 1.807) is 33.8 Å². The highest BCUT2D eigenvalue weighted by Crippen LogP contribution is 2.44. The first-order valence-electron chi connectivity index (χ1n) is 8.02. The quantitative estimate of drug-likeness (QED) is 0.540. The highest BCUT2D eigenvalue weighted by Gasteiger charge is 2.31. The number of allylic oxidation sites excluding steroid dienone is 2. The lowest BCUT2D eigenvalue weighted by atomic mass is 9.88. The normalized spacial score (nSPS) is 11.0. The van der Waals surface area contributed by atoms with E-state index in [0.717, 1.165) is 5.57 Å². The molecule has 24 heavy (non-hydrogen) atoms. The molecular formula is C19H26O5. The van der Waals surface area contributed by atoms with Crippen LogP contribution in [0.1, 0.15) is 67.8 Å². The second kappa shape index (κ2) is 7.51. The molecule has 0 saturated carbocycles. The van der Waals surface area contributed by atoms with Crippen molar-refractivity contribution in [2.75, 3.05) is 0 Å². The first-order valence-corrected chi connectivity index (χ1v) is 8.02. The van der Waals surface area contributed by atoms with Crippen LogP contribution in [0.15, 0.2) is 11.6 Å². The van der Waals surface area contributed by atoms with E-state index in [0.29, 0.717) is 0 Å². The summed E-state index contributed by atoms with van der Waals surface area (Å²) < 4.78 is 0. The molecule has 0 aliphatic rings. The zero-order valence-electron chi connectivity index (χ0n) is 15.1. The van der Waals surface area contributed by atoms with E-state index < -0.39 is 40.7 Å². The number of hydrogen-bond acceptors (Lipinski definition) is 5. The Hall–Kier alpha value is -2.30. The van der Waals surface area contributed by atoms with Crippen molar-refractivity contribution < 1.29 is 24.9 Å². The summed E-state index contributed by atoms with van der Waals surface area (Å²) in [5.41, 5.74) is 0.422. The maximum atomic E-state index is 12.4. The van der Waals surface area contributed by atoms with Gasteiger partial charge in [0.25, 0.3) is 0 Å². The third kappa shape index (κ3) is 3.78. The van der Waals surface area contributed by atoms with E-state index in [1.165, 1.54) is 0 Å². The number of benzene rings is 1. The Balaban J connectivity index is 3.81. The van der Waals surface area contributed by atoms with Gasteiger partial charge in [0.05, 0.1) is 0 Å². The minimum atomic E-state index is -0.650. The van der Waals surface area contributed by atoms with Gasteiger partial charge in [0.2, 0.25) is 0 Å². The Bertz CT molecular complexity index is 645. The molecule has 0 bridgehead atoms. The van der Waals surface area contributed by atoms with Gasteiger partial charge < -0.3 is 15.3 Å². The molecule has 0 amide bonds. The van der Waals surface area contributed by atoms with Crippen molar-refractivity contribution in [2.45, 2.75) is 48.0 Å². The average molecular weight is 334 g/mol. The number of aromatic hydroxyl groups is 3. The fourth-order valence-corrected chi connectivity index (χ4v) is 2.31. The highest BCUT2D eigenvalue weighted by atomic mass is 16.3. The Morgan fingerprint density at radius 3 is 1.50 bits per heavy atom. The summed E-state index contributed by atoms with van der Waals surface area (Å²) in [5, 5.41) is 31.3. The zero-order valence-corrected chi connectivity index (χ0v) is 15.1. The second-order valence-electron chi connectivity index (χ2n) is 6.80. The molecule has 132 valence electrons. The summed E-state index contributed by atoms with van der Waals surface area (Å²) in [4.78, 5) is 24.8. The molecule has 1 aromatic carbocycles. The SMILES string of the molecule is CC(C)=CCc1c(O)c(C(=O)C(C)C)c(O)c(C(=O)C(C)C)c1O. The predicted octanol–water partition coefficient (Wildman–Crippen LogP) is 3.99. The lowest BCUT2D eigenvalue weighted by molar-refractivity contribution is 0.0929. The Morgan fingerprint density at radius 2 is 1.21 bits per heavy atom. The van der Waals surface area contributed by atoms with Crippen molar-refractivity contribution in [3.8, 4) is 17.2 Å². The standard InChI is InChI=1S/C19H26O5/c1-9(2)7-8-12-17(22)13(15(20)10(3)4)19(24)14(18(12)23)16(21)11(5)6/h7,10-11,22-24H,8H2,1-6H3. The largest absolute Gasteiger partial charge is 0.507 e. The first-order chi connectivity index (χ1) is 11.0. The minimum absolute atomic E-state index is 0.0713. The molecule has 0 atom stereocenters. The molecule has 0 fully saturated rings. The molecule has 3 N–H and O–H groups in total. The summed E-state index contributed by atoms with van der Waals surface area (Å²) >= 11 is 0. The monoisotopic (exact) mass is 334 g/mol. The van der Waals surface area contributed by atoms with Crippen molar-refractivity contribution >= 4 is 11.6 Å². The Kier molecular flexibility index (Phi) is 6.18. The van der Waals surface area contributed by atoms with Crippen molar-refractivity contribution in [1.29, 1.82) is 0 Å². The number of phenols is 3. The van der Waals surface area contributed by atoms with Gasteiger partial charge in [-0.15, -0.1) is 0 Å². The number of carbonyl (C=O) groups is 2. The maximum absolute atomic E-state index is 12.4. The fourth-order valence-electron chi connectivity index (χ4n) is 2.31. The van der Waals surface area contributed by atoms with Crippen LogP contribution in [-0.2, 0) is 6.42 Å². The van der Waals surface area contributed by atoms with E-state index in [1.807, 2.05) is 13.8 Å². The number of carbonyl (C=O) groups excluding carboxylic acids is 2. The number of hydrogen-bond donors (Lipinski definition) is 3. The van der Waals surface area contributed by atoms with Gasteiger partial charge in [-0.1, -0.05) is 39.3 Å². The van der Waals surface area contributed by atoms with Crippen LogP contribution in [0.3, 0.4) is 0 Å². The molecule has 0 spiro atoms. The van der Waals surface area contributed by atoms with Crippen LogP contribution in [0.4, 0.5) is 0 Å². The minimum Gasteiger partial charge on any atom is -0.507 e. The smallest absolute Gasteiger partial charge is 0.172 e. The molecule has 0 heterocycles. The Labute approximate surface area is 142 Å². The van der Waals surface area contributed by atoms with Crippen LogP contribution in [0.2, 0.25) is 0 Å². The van der Waals surface area contributed by atoms with E-state index in [2.05, 4.69) is 0 Å². The average Bonchev–Trinajstić information content (AvgIpc) is 2.46. The van der Waals surface area contributed by atoms with Crippen molar-refractivity contribution in [3.05, 3.63) is 28.3 Å². The third-order valence-corrected chi connectivity index (χ3v) is 3.77. The summed E-state index contributed by atoms with van der Waals surface area (Å²) in [6, 6.07) is 0. The highest BCUT2D eigenvalue weighted by molar-refractivity contribution is 6.10. The number of Topliss-reactive ketones (excluding diaryl/α,β-unsaturated/α-hetero) is 2. The molecule has 0 aliphatic carbocycles. The first kappa shape index (κ1) is 19.7. The van der Waals surface area contributed by atoms with Gasteiger partial charge in [0.15, 0.2) is 11.6 Å². The molecule has 0 unspecified atom stereocenters. The van der Waals surface area contributed by atoms with Crippen LogP contribution in [0.25, 0.3) is 0 Å². The van der Waals surface area contributed by atoms with Gasteiger partial charge in [-0.25, -0.2) is 0 Å². The molecule has 0 radical (unpaired) electrons. The number of phenolic OH excluding ortho intramolecular Hbond substituents is 3. The summed E-state index contributed by atoms with van der Waals surface area (Å²) in [6.07, 6.45) is 1.91. The number of ketones is 2. The molecule has 1 aromatic rings. The van der Waals surface area contributed by atoms with Gasteiger partial charge >= 0.3 is 0 Å². The lowest BCUT2D eigenvalue weighted by Crippen LogP contribution is -2.14.